The minimum absolute atomic E-state index is 0.177. The maximum atomic E-state index is 13.5. The highest BCUT2D eigenvalue weighted by Gasteiger charge is 2.39. The molecule has 0 fully saturated rings. The highest BCUT2D eigenvalue weighted by Crippen LogP contribution is 2.30. The van der Waals surface area contributed by atoms with Crippen molar-refractivity contribution in [3.8, 4) is 0 Å². The number of carboxylic acids is 1. The predicted octanol–water partition coefficient (Wildman–Crippen LogP) is 2.44. The van der Waals surface area contributed by atoms with Crippen molar-refractivity contribution in [3.05, 3.63) is 59.9 Å². The second kappa shape index (κ2) is 8.10. The van der Waals surface area contributed by atoms with Gasteiger partial charge in [0.15, 0.2) is 0 Å². The maximum absolute atomic E-state index is 13.5. The quantitative estimate of drug-likeness (QED) is 0.672. The molecule has 0 saturated heterocycles. The number of nitrogens with zero attached hydrogens (tertiary/aromatic N) is 4. The van der Waals surface area contributed by atoms with Gasteiger partial charge in [0.25, 0.3) is 0 Å². The van der Waals surface area contributed by atoms with Crippen molar-refractivity contribution in [3.63, 3.8) is 0 Å². The molecule has 1 aliphatic heterocycles. The number of aromatic nitrogens is 2. The molecule has 1 unspecified atom stereocenters. The molecule has 1 aliphatic rings. The zero-order valence-corrected chi connectivity index (χ0v) is 17.3. The van der Waals surface area contributed by atoms with E-state index in [2.05, 4.69) is 9.97 Å². The first-order chi connectivity index (χ1) is 14.8. The van der Waals surface area contributed by atoms with E-state index in [1.54, 1.807) is 26.2 Å². The normalized spacial score (nSPS) is 16.2. The number of urea groups is 1. The van der Waals surface area contributed by atoms with Crippen molar-refractivity contribution >= 4 is 34.6 Å². The van der Waals surface area contributed by atoms with Crippen LogP contribution in [0.5, 0.6) is 0 Å². The molecule has 3 aromatic rings. The van der Waals surface area contributed by atoms with Crippen LogP contribution in [0, 0.1) is 0 Å². The molecule has 2 N–H and O–H groups in total. The second-order valence-electron chi connectivity index (χ2n) is 7.65. The fourth-order valence-corrected chi connectivity index (χ4v) is 3.88. The molecule has 9 heteroatoms. The average Bonchev–Trinajstić information content (AvgIpc) is 3.11. The molecular formula is C22H23N5O4. The highest BCUT2D eigenvalue weighted by molar-refractivity contribution is 6.02. The van der Waals surface area contributed by atoms with Gasteiger partial charge in [-0.25, -0.2) is 9.78 Å². The van der Waals surface area contributed by atoms with Gasteiger partial charge in [-0.2, -0.15) is 0 Å². The highest BCUT2D eigenvalue weighted by atomic mass is 16.4. The number of nitrogens with one attached hydrogen (secondary N) is 1. The van der Waals surface area contributed by atoms with Gasteiger partial charge >= 0.3 is 12.0 Å². The van der Waals surface area contributed by atoms with Crippen LogP contribution in [0.1, 0.15) is 17.8 Å². The van der Waals surface area contributed by atoms with Gasteiger partial charge in [-0.1, -0.05) is 30.3 Å². The van der Waals surface area contributed by atoms with E-state index in [0.29, 0.717) is 18.1 Å². The summed E-state index contributed by atoms with van der Waals surface area (Å²) in [6, 6.07) is 13.1. The van der Waals surface area contributed by atoms with Gasteiger partial charge in [0.05, 0.1) is 29.7 Å². The molecule has 1 atom stereocenters. The topological polar surface area (TPSA) is 110 Å². The number of hydrogen-bond acceptors (Lipinski definition) is 4. The number of imidazole rings is 1. The third-order valence-electron chi connectivity index (χ3n) is 5.36. The lowest BCUT2D eigenvalue weighted by atomic mass is 10.1. The van der Waals surface area contributed by atoms with Crippen molar-refractivity contribution in [1.82, 2.24) is 19.8 Å². The minimum atomic E-state index is -1.15. The summed E-state index contributed by atoms with van der Waals surface area (Å²) in [6.07, 6.45) is -0.484. The molecule has 0 saturated carbocycles. The second-order valence-corrected chi connectivity index (χ2v) is 7.65. The first kappa shape index (κ1) is 20.4. The summed E-state index contributed by atoms with van der Waals surface area (Å²) in [5.41, 5.74) is 2.96. The first-order valence-electron chi connectivity index (χ1n) is 9.87. The number of anilines is 1. The molecule has 31 heavy (non-hydrogen) atoms. The van der Waals surface area contributed by atoms with Crippen LogP contribution in [0.4, 0.5) is 10.5 Å². The van der Waals surface area contributed by atoms with E-state index in [1.807, 2.05) is 36.4 Å². The van der Waals surface area contributed by atoms with Gasteiger partial charge in [0.2, 0.25) is 5.91 Å². The molecule has 1 aromatic heterocycles. The van der Waals surface area contributed by atoms with Crippen LogP contribution in [0.2, 0.25) is 0 Å². The van der Waals surface area contributed by atoms with E-state index < -0.39 is 30.4 Å². The van der Waals surface area contributed by atoms with Gasteiger partial charge < -0.3 is 19.9 Å². The van der Waals surface area contributed by atoms with Crippen LogP contribution >= 0.6 is 0 Å². The fraction of sp³-hybridized carbons (Fsp3) is 0.273. The number of carbonyl (C=O) groups excluding carboxylic acids is 2. The van der Waals surface area contributed by atoms with Gasteiger partial charge in [0, 0.05) is 20.6 Å². The Balaban J connectivity index is 1.69. The van der Waals surface area contributed by atoms with Crippen LogP contribution in [0.25, 0.3) is 11.0 Å². The summed E-state index contributed by atoms with van der Waals surface area (Å²) in [4.78, 5) is 49.9. The number of hydrogen-bond donors (Lipinski definition) is 2. The average molecular weight is 421 g/mol. The van der Waals surface area contributed by atoms with Crippen molar-refractivity contribution in [2.24, 2.45) is 0 Å². The molecule has 0 bridgehead atoms. The Labute approximate surface area is 178 Å². The molecule has 0 radical (unpaired) electrons. The number of amides is 3. The Hall–Kier alpha value is -3.88. The molecule has 9 nitrogen and oxygen atoms in total. The van der Waals surface area contributed by atoms with E-state index in [1.165, 1.54) is 14.7 Å². The van der Waals surface area contributed by atoms with Crippen molar-refractivity contribution in [1.29, 1.82) is 0 Å². The van der Waals surface area contributed by atoms with Crippen molar-refractivity contribution in [2.45, 2.75) is 25.6 Å². The van der Waals surface area contributed by atoms with Crippen LogP contribution in [-0.4, -0.2) is 62.9 Å². The number of carbonyl (C=O) groups is 3. The van der Waals surface area contributed by atoms with Crippen LogP contribution in [0.3, 0.4) is 0 Å². The van der Waals surface area contributed by atoms with Crippen LogP contribution < -0.4 is 4.90 Å². The molecule has 0 spiro atoms. The summed E-state index contributed by atoms with van der Waals surface area (Å²) in [5, 5.41) is 9.43. The lowest BCUT2D eigenvalue weighted by molar-refractivity contribution is -0.141. The molecule has 0 aliphatic carbocycles. The standard InChI is InChI=1S/C22H23N5O4/c1-25-12-14-7-3-6-10-17(14)27(18(21(25)30)11-20(28)29)22(31)26(2)13-19-23-15-8-4-5-9-16(15)24-19/h3-10,18H,11-13H2,1-2H3,(H,23,24)(H,28,29). The first-order valence-corrected chi connectivity index (χ1v) is 9.87. The summed E-state index contributed by atoms with van der Waals surface area (Å²) in [7, 11) is 3.22. The van der Waals surface area contributed by atoms with E-state index in [0.717, 1.165) is 16.6 Å². The number of fused-ring (bicyclic) bond motifs is 2. The number of para-hydroxylation sites is 3. The molecule has 2 aromatic carbocycles. The third kappa shape index (κ3) is 3.94. The number of aliphatic carboxylic acids is 1. The number of likely N-dealkylation sites (N-methyl/N-ethyl adjacent to an activating group) is 1. The Morgan fingerprint density at radius 2 is 1.90 bits per heavy atom. The number of carboxylic acid groups (broad SMARTS) is 1. The molecule has 3 amide bonds. The van der Waals surface area contributed by atoms with Gasteiger partial charge in [-0.05, 0) is 23.8 Å². The van der Waals surface area contributed by atoms with Crippen LogP contribution in [0.15, 0.2) is 48.5 Å². The summed E-state index contributed by atoms with van der Waals surface area (Å²) in [5.74, 6) is -0.966. The third-order valence-corrected chi connectivity index (χ3v) is 5.36. The SMILES string of the molecule is CN1Cc2ccccc2N(C(=O)N(C)Cc2nc3ccccc3[nH]2)C(CC(=O)O)C1=O. The number of rotatable bonds is 4. The van der Waals surface area contributed by atoms with Gasteiger partial charge in [0.1, 0.15) is 11.9 Å². The molecule has 160 valence electrons. The van der Waals surface area contributed by atoms with Crippen molar-refractivity contribution < 1.29 is 19.5 Å². The van der Waals surface area contributed by atoms with E-state index in [4.69, 9.17) is 0 Å². The van der Waals surface area contributed by atoms with Crippen molar-refractivity contribution in [2.75, 3.05) is 19.0 Å². The van der Waals surface area contributed by atoms with Gasteiger partial charge in [-0.3, -0.25) is 14.5 Å². The zero-order chi connectivity index (χ0) is 22.1. The number of aromatic amines is 1. The minimum Gasteiger partial charge on any atom is -0.481 e. The Morgan fingerprint density at radius 1 is 1.19 bits per heavy atom. The van der Waals surface area contributed by atoms with E-state index >= 15 is 0 Å². The van der Waals surface area contributed by atoms with E-state index in [9.17, 15) is 19.5 Å². The number of benzene rings is 2. The molecule has 2 heterocycles. The fourth-order valence-electron chi connectivity index (χ4n) is 3.88. The smallest absolute Gasteiger partial charge is 0.325 e. The van der Waals surface area contributed by atoms with Crippen LogP contribution in [-0.2, 0) is 22.7 Å². The summed E-state index contributed by atoms with van der Waals surface area (Å²) in [6.45, 7) is 0.470. The van der Waals surface area contributed by atoms with E-state index in [-0.39, 0.29) is 6.54 Å². The Bertz CT molecular complexity index is 1120. The molecule has 4 rings (SSSR count). The largest absolute Gasteiger partial charge is 0.481 e. The summed E-state index contributed by atoms with van der Waals surface area (Å²) >= 11 is 0. The lowest BCUT2D eigenvalue weighted by Crippen LogP contribution is -2.53. The Morgan fingerprint density at radius 3 is 2.65 bits per heavy atom. The maximum Gasteiger partial charge on any atom is 0.325 e. The Kier molecular flexibility index (Phi) is 5.33. The zero-order valence-electron chi connectivity index (χ0n) is 17.3. The lowest BCUT2D eigenvalue weighted by Gasteiger charge is -2.33. The molecular weight excluding hydrogens is 398 g/mol. The summed E-state index contributed by atoms with van der Waals surface area (Å²) < 4.78 is 0. The van der Waals surface area contributed by atoms with Gasteiger partial charge in [-0.15, -0.1) is 0 Å². The monoisotopic (exact) mass is 421 g/mol. The predicted molar refractivity (Wildman–Crippen MR) is 114 cm³/mol. The number of H-pyrrole nitrogens is 1.